The molecule has 0 aromatic carbocycles. The molecule has 0 bridgehead atoms. The molecule has 0 radical (unpaired) electrons. The average Bonchev–Trinajstić information content (AvgIpc) is 2.02. The molecule has 1 aliphatic heterocycles. The first-order chi connectivity index (χ1) is 5.90. The lowest BCUT2D eigenvalue weighted by Gasteiger charge is -2.27. The third-order valence-corrected chi connectivity index (χ3v) is 2.15. The zero-order chi connectivity index (χ0) is 8.39. The second-order valence-corrected chi connectivity index (χ2v) is 2.95. The summed E-state index contributed by atoms with van der Waals surface area (Å²) in [6.07, 6.45) is 10.0. The summed E-state index contributed by atoms with van der Waals surface area (Å²) in [7, 11) is 0. The third kappa shape index (κ3) is 1.19. The van der Waals surface area contributed by atoms with Crippen molar-refractivity contribution in [2.45, 2.75) is 12.5 Å². The van der Waals surface area contributed by atoms with Gasteiger partial charge >= 0.3 is 0 Å². The smallest absolute Gasteiger partial charge is 0.0429 e. The van der Waals surface area contributed by atoms with Crippen LogP contribution in [-0.4, -0.2) is 11.5 Å². The van der Waals surface area contributed by atoms with Gasteiger partial charge in [0.15, 0.2) is 0 Å². The highest BCUT2D eigenvalue weighted by molar-refractivity contribution is 5.33. The van der Waals surface area contributed by atoms with Gasteiger partial charge in [-0.1, -0.05) is 5.92 Å². The van der Waals surface area contributed by atoms with E-state index < -0.39 is 0 Å². The van der Waals surface area contributed by atoms with E-state index in [1.54, 1.807) is 6.20 Å². The summed E-state index contributed by atoms with van der Waals surface area (Å²) in [5.41, 5.74) is 2.07. The summed E-state index contributed by atoms with van der Waals surface area (Å²) < 4.78 is 0. The maximum Gasteiger partial charge on any atom is 0.0429 e. The summed E-state index contributed by atoms with van der Waals surface area (Å²) in [4.78, 5) is 4.08. The Morgan fingerprint density at radius 1 is 1.58 bits per heavy atom. The first-order valence-corrected chi connectivity index (χ1v) is 4.05. The van der Waals surface area contributed by atoms with E-state index in [4.69, 9.17) is 6.42 Å². The Hall–Kier alpha value is -1.33. The van der Waals surface area contributed by atoms with Gasteiger partial charge in [-0.3, -0.25) is 4.98 Å². The molecule has 2 heteroatoms. The van der Waals surface area contributed by atoms with Gasteiger partial charge in [0.25, 0.3) is 0 Å². The van der Waals surface area contributed by atoms with Gasteiger partial charge in [-0.2, -0.15) is 0 Å². The minimum absolute atomic E-state index is 0.478. The lowest BCUT2D eigenvalue weighted by Crippen LogP contribution is -2.34. The molecule has 0 amide bonds. The van der Waals surface area contributed by atoms with Crippen molar-refractivity contribution in [2.24, 2.45) is 0 Å². The van der Waals surface area contributed by atoms with Gasteiger partial charge in [0.1, 0.15) is 0 Å². The fourth-order valence-electron chi connectivity index (χ4n) is 1.30. The molecule has 0 saturated carbocycles. The van der Waals surface area contributed by atoms with Crippen molar-refractivity contribution in [3.63, 3.8) is 0 Å². The van der Waals surface area contributed by atoms with Crippen LogP contribution in [0.3, 0.4) is 0 Å². The fraction of sp³-hybridized carbons (Fsp3) is 0.300. The summed E-state index contributed by atoms with van der Waals surface area (Å²) in [5, 5.41) is 3.30. The molecule has 1 aromatic heterocycles. The average molecular weight is 158 g/mol. The Morgan fingerprint density at radius 3 is 3.00 bits per heavy atom. The molecule has 0 aliphatic carbocycles. The predicted octanol–water partition coefficient (Wildman–Crippen LogP) is 1.10. The van der Waals surface area contributed by atoms with Crippen LogP contribution in [0.15, 0.2) is 18.5 Å². The van der Waals surface area contributed by atoms with Crippen LogP contribution in [0.4, 0.5) is 0 Å². The van der Waals surface area contributed by atoms with Crippen LogP contribution >= 0.6 is 0 Å². The zero-order valence-electron chi connectivity index (χ0n) is 6.75. The topological polar surface area (TPSA) is 24.9 Å². The summed E-state index contributed by atoms with van der Waals surface area (Å²) in [5.74, 6) is 2.58. The first kappa shape index (κ1) is 7.33. The van der Waals surface area contributed by atoms with Crippen molar-refractivity contribution < 1.29 is 0 Å². The molecule has 2 rings (SSSR count). The molecule has 60 valence electrons. The van der Waals surface area contributed by atoms with E-state index in [0.29, 0.717) is 6.04 Å². The molecule has 12 heavy (non-hydrogen) atoms. The maximum atomic E-state index is 5.27. The number of hydrogen-bond acceptors (Lipinski definition) is 2. The monoisotopic (exact) mass is 158 g/mol. The number of nitrogens with one attached hydrogen (secondary N) is 1. The second kappa shape index (κ2) is 2.96. The lowest BCUT2D eigenvalue weighted by atomic mass is 9.99. The SMILES string of the molecule is C#Cc1cncc(C2CCN2)c1. The molecule has 1 N–H and O–H groups in total. The molecule has 1 aromatic rings. The predicted molar refractivity (Wildman–Crippen MR) is 47.5 cm³/mol. The quantitative estimate of drug-likeness (QED) is 0.619. The van der Waals surface area contributed by atoms with Gasteiger partial charge in [-0.15, -0.1) is 6.42 Å². The van der Waals surface area contributed by atoms with Gasteiger partial charge in [-0.05, 0) is 24.6 Å². The Bertz CT molecular complexity index is 321. The van der Waals surface area contributed by atoms with Crippen LogP contribution in [0.2, 0.25) is 0 Å². The van der Waals surface area contributed by atoms with E-state index in [2.05, 4.69) is 16.2 Å². The highest BCUT2D eigenvalue weighted by atomic mass is 15.0. The van der Waals surface area contributed by atoms with Crippen molar-refractivity contribution in [1.82, 2.24) is 10.3 Å². The number of aromatic nitrogens is 1. The van der Waals surface area contributed by atoms with Crippen molar-refractivity contribution in [1.29, 1.82) is 0 Å². The highest BCUT2D eigenvalue weighted by Crippen LogP contribution is 2.21. The van der Waals surface area contributed by atoms with Crippen LogP contribution in [0.1, 0.15) is 23.6 Å². The second-order valence-electron chi connectivity index (χ2n) is 2.95. The fourth-order valence-corrected chi connectivity index (χ4v) is 1.30. The largest absolute Gasteiger partial charge is 0.310 e. The van der Waals surface area contributed by atoms with Gasteiger partial charge < -0.3 is 5.32 Å². The first-order valence-electron chi connectivity index (χ1n) is 4.05. The van der Waals surface area contributed by atoms with Gasteiger partial charge in [0.05, 0.1) is 0 Å². The van der Waals surface area contributed by atoms with E-state index in [0.717, 1.165) is 12.1 Å². The molecule has 1 fully saturated rings. The minimum Gasteiger partial charge on any atom is -0.310 e. The highest BCUT2D eigenvalue weighted by Gasteiger charge is 2.18. The number of terminal acetylenes is 1. The molecule has 2 nitrogen and oxygen atoms in total. The summed E-state index contributed by atoms with van der Waals surface area (Å²) in [6.45, 7) is 1.10. The summed E-state index contributed by atoms with van der Waals surface area (Å²) >= 11 is 0. The Labute approximate surface area is 72.0 Å². The van der Waals surface area contributed by atoms with Crippen LogP contribution in [0.25, 0.3) is 0 Å². The van der Waals surface area contributed by atoms with E-state index in [1.807, 2.05) is 12.3 Å². The standard InChI is InChI=1S/C10H10N2/c1-2-8-5-9(7-11-6-8)10-3-4-12-10/h1,5-7,10,12H,3-4H2. The third-order valence-electron chi connectivity index (χ3n) is 2.15. The molecule has 2 heterocycles. The van der Waals surface area contributed by atoms with Crippen LogP contribution in [0.5, 0.6) is 0 Å². The van der Waals surface area contributed by atoms with Gasteiger partial charge in [0.2, 0.25) is 0 Å². The molecule has 1 unspecified atom stereocenters. The molecule has 1 aliphatic rings. The molecule has 1 saturated heterocycles. The van der Waals surface area contributed by atoms with Crippen LogP contribution in [0, 0.1) is 12.3 Å². The van der Waals surface area contributed by atoms with Gasteiger partial charge in [-0.25, -0.2) is 0 Å². The zero-order valence-corrected chi connectivity index (χ0v) is 6.75. The molecule has 0 spiro atoms. The van der Waals surface area contributed by atoms with Crippen molar-refractivity contribution in [3.8, 4) is 12.3 Å². The van der Waals surface area contributed by atoms with Crippen molar-refractivity contribution in [2.75, 3.05) is 6.54 Å². The Kier molecular flexibility index (Phi) is 1.81. The van der Waals surface area contributed by atoms with E-state index in [-0.39, 0.29) is 0 Å². The summed E-state index contributed by atoms with van der Waals surface area (Å²) in [6, 6.07) is 2.50. The number of nitrogens with zero attached hydrogens (tertiary/aromatic N) is 1. The lowest BCUT2D eigenvalue weighted by molar-refractivity contribution is 0.382. The Balaban J connectivity index is 2.27. The van der Waals surface area contributed by atoms with E-state index >= 15 is 0 Å². The van der Waals surface area contributed by atoms with E-state index in [9.17, 15) is 0 Å². The number of hydrogen-bond donors (Lipinski definition) is 1. The molecular formula is C10H10N2. The van der Waals surface area contributed by atoms with Crippen molar-refractivity contribution >= 4 is 0 Å². The number of rotatable bonds is 1. The molecule has 1 atom stereocenters. The minimum atomic E-state index is 0.478. The van der Waals surface area contributed by atoms with Crippen LogP contribution < -0.4 is 5.32 Å². The van der Waals surface area contributed by atoms with Crippen LogP contribution in [-0.2, 0) is 0 Å². The maximum absolute atomic E-state index is 5.27. The van der Waals surface area contributed by atoms with E-state index in [1.165, 1.54) is 12.0 Å². The Morgan fingerprint density at radius 2 is 2.42 bits per heavy atom. The normalized spacial score (nSPS) is 21.1. The van der Waals surface area contributed by atoms with Crippen molar-refractivity contribution in [3.05, 3.63) is 29.6 Å². The molecular weight excluding hydrogens is 148 g/mol. The van der Waals surface area contributed by atoms with Gasteiger partial charge in [0, 0.05) is 24.0 Å². The number of pyridine rings is 1.